The normalized spacial score (nSPS) is 12.2. The van der Waals surface area contributed by atoms with E-state index in [2.05, 4.69) is 5.32 Å². The SMILES string of the molecule is CCC(C(=O)NC(C)C)N(Cc1cccc(C)c1)C(=O)CN(c1cc(C)ccc1C)S(=O)(=O)c1ccc(C)cc1. The molecular formula is C32H41N3O4S. The third kappa shape index (κ3) is 7.50. The van der Waals surface area contributed by atoms with E-state index in [0.29, 0.717) is 12.1 Å². The number of nitrogens with one attached hydrogen (secondary N) is 1. The van der Waals surface area contributed by atoms with Crippen LogP contribution < -0.4 is 9.62 Å². The van der Waals surface area contributed by atoms with Crippen molar-refractivity contribution in [1.82, 2.24) is 10.2 Å². The lowest BCUT2D eigenvalue weighted by atomic mass is 10.1. The number of nitrogens with zero attached hydrogens (tertiary/aromatic N) is 2. The molecule has 8 heteroatoms. The van der Waals surface area contributed by atoms with Gasteiger partial charge in [-0.2, -0.15) is 0 Å². The van der Waals surface area contributed by atoms with Gasteiger partial charge in [-0.15, -0.1) is 0 Å². The molecule has 1 atom stereocenters. The van der Waals surface area contributed by atoms with Crippen LogP contribution in [0.5, 0.6) is 0 Å². The fourth-order valence-corrected chi connectivity index (χ4v) is 6.12. The van der Waals surface area contributed by atoms with Crippen molar-refractivity contribution in [2.24, 2.45) is 0 Å². The van der Waals surface area contributed by atoms with Crippen molar-refractivity contribution in [2.45, 2.75) is 78.4 Å². The Morgan fingerprint density at radius 2 is 1.48 bits per heavy atom. The van der Waals surface area contributed by atoms with Gasteiger partial charge in [-0.05, 0) is 82.9 Å². The lowest BCUT2D eigenvalue weighted by Gasteiger charge is -2.34. The fraction of sp³-hybridized carbons (Fsp3) is 0.375. The summed E-state index contributed by atoms with van der Waals surface area (Å²) in [5.74, 6) is -0.720. The van der Waals surface area contributed by atoms with Crippen LogP contribution in [0.25, 0.3) is 0 Å². The van der Waals surface area contributed by atoms with Crippen molar-refractivity contribution in [2.75, 3.05) is 10.8 Å². The molecule has 3 rings (SSSR count). The molecule has 0 fully saturated rings. The van der Waals surface area contributed by atoms with Gasteiger partial charge in [-0.3, -0.25) is 13.9 Å². The summed E-state index contributed by atoms with van der Waals surface area (Å²) in [7, 11) is -4.10. The summed E-state index contributed by atoms with van der Waals surface area (Å²) in [5.41, 5.74) is 4.86. The fourth-order valence-electron chi connectivity index (χ4n) is 4.65. The van der Waals surface area contributed by atoms with Gasteiger partial charge in [0.25, 0.3) is 10.0 Å². The number of rotatable bonds is 11. The summed E-state index contributed by atoms with van der Waals surface area (Å²) in [4.78, 5) is 29.0. The Bertz CT molecular complexity index is 1450. The Morgan fingerprint density at radius 3 is 2.08 bits per heavy atom. The quantitative estimate of drug-likeness (QED) is 0.336. The Morgan fingerprint density at radius 1 is 0.850 bits per heavy atom. The minimum atomic E-state index is -4.10. The summed E-state index contributed by atoms with van der Waals surface area (Å²) in [6, 6.07) is 19.0. The maximum absolute atomic E-state index is 14.2. The van der Waals surface area contributed by atoms with Crippen LogP contribution in [0.2, 0.25) is 0 Å². The first-order valence-corrected chi connectivity index (χ1v) is 15.1. The van der Waals surface area contributed by atoms with E-state index in [-0.39, 0.29) is 23.4 Å². The second kappa shape index (κ2) is 13.1. The smallest absolute Gasteiger partial charge is 0.264 e. The third-order valence-electron chi connectivity index (χ3n) is 6.77. The molecule has 3 aromatic carbocycles. The zero-order valence-electron chi connectivity index (χ0n) is 24.6. The molecule has 0 bridgehead atoms. The number of hydrogen-bond donors (Lipinski definition) is 1. The van der Waals surface area contributed by atoms with Crippen LogP contribution in [-0.4, -0.2) is 43.8 Å². The number of amides is 2. The number of carbonyl (C=O) groups is 2. The van der Waals surface area contributed by atoms with Gasteiger partial charge in [0.15, 0.2) is 0 Å². The van der Waals surface area contributed by atoms with Crippen LogP contribution >= 0.6 is 0 Å². The van der Waals surface area contributed by atoms with Crippen molar-refractivity contribution < 1.29 is 18.0 Å². The maximum atomic E-state index is 14.2. The second-order valence-corrected chi connectivity index (χ2v) is 12.6. The monoisotopic (exact) mass is 563 g/mol. The van der Waals surface area contributed by atoms with Crippen LogP contribution in [0, 0.1) is 27.7 Å². The largest absolute Gasteiger partial charge is 0.352 e. The maximum Gasteiger partial charge on any atom is 0.264 e. The topological polar surface area (TPSA) is 86.8 Å². The van der Waals surface area contributed by atoms with Crippen LogP contribution in [-0.2, 0) is 26.2 Å². The second-order valence-electron chi connectivity index (χ2n) is 10.7. The molecule has 3 aromatic rings. The van der Waals surface area contributed by atoms with E-state index in [0.717, 1.165) is 27.8 Å². The van der Waals surface area contributed by atoms with Crippen molar-refractivity contribution in [3.63, 3.8) is 0 Å². The van der Waals surface area contributed by atoms with Gasteiger partial charge in [0, 0.05) is 12.6 Å². The average molecular weight is 564 g/mol. The molecule has 7 nitrogen and oxygen atoms in total. The lowest BCUT2D eigenvalue weighted by molar-refractivity contribution is -0.140. The van der Waals surface area contributed by atoms with Gasteiger partial charge in [0.2, 0.25) is 11.8 Å². The number of anilines is 1. The first kappa shape index (κ1) is 30.9. The summed E-state index contributed by atoms with van der Waals surface area (Å²) in [6.07, 6.45) is 0.379. The Balaban J connectivity index is 2.11. The minimum Gasteiger partial charge on any atom is -0.352 e. The Hall–Kier alpha value is -3.65. The highest BCUT2D eigenvalue weighted by molar-refractivity contribution is 7.92. The summed E-state index contributed by atoms with van der Waals surface area (Å²) in [5, 5.41) is 2.92. The van der Waals surface area contributed by atoms with Crippen molar-refractivity contribution in [1.29, 1.82) is 0 Å². The number of benzene rings is 3. The van der Waals surface area contributed by atoms with Crippen molar-refractivity contribution in [3.8, 4) is 0 Å². The van der Waals surface area contributed by atoms with E-state index in [1.54, 1.807) is 30.3 Å². The van der Waals surface area contributed by atoms with Crippen molar-refractivity contribution in [3.05, 3.63) is 94.5 Å². The predicted molar refractivity (Wildman–Crippen MR) is 161 cm³/mol. The third-order valence-corrected chi connectivity index (χ3v) is 8.55. The van der Waals surface area contributed by atoms with Gasteiger partial charge >= 0.3 is 0 Å². The number of sulfonamides is 1. The highest BCUT2D eigenvalue weighted by atomic mass is 32.2. The molecule has 0 heterocycles. The van der Waals surface area contributed by atoms with Gasteiger partial charge in [0.1, 0.15) is 12.6 Å². The molecule has 0 saturated heterocycles. The van der Waals surface area contributed by atoms with Crippen LogP contribution in [0.4, 0.5) is 5.69 Å². The van der Waals surface area contributed by atoms with Crippen LogP contribution in [0.1, 0.15) is 55.0 Å². The number of hydrogen-bond acceptors (Lipinski definition) is 4. The van der Waals surface area contributed by atoms with E-state index >= 15 is 0 Å². The predicted octanol–water partition coefficient (Wildman–Crippen LogP) is 5.45. The molecule has 0 radical (unpaired) electrons. The molecule has 0 aromatic heterocycles. The van der Waals surface area contributed by atoms with Gasteiger partial charge in [-0.1, -0.05) is 66.6 Å². The Labute approximate surface area is 239 Å². The van der Waals surface area contributed by atoms with E-state index in [1.807, 2.05) is 84.9 Å². The molecule has 40 heavy (non-hydrogen) atoms. The number of carbonyl (C=O) groups excluding carboxylic acids is 2. The highest BCUT2D eigenvalue weighted by Crippen LogP contribution is 2.29. The van der Waals surface area contributed by atoms with Crippen LogP contribution in [0.3, 0.4) is 0 Å². The molecule has 214 valence electrons. The zero-order valence-corrected chi connectivity index (χ0v) is 25.4. The molecule has 0 spiro atoms. The first-order chi connectivity index (χ1) is 18.8. The molecule has 1 N–H and O–H groups in total. The van der Waals surface area contributed by atoms with Gasteiger partial charge in [-0.25, -0.2) is 8.42 Å². The molecular weight excluding hydrogens is 522 g/mol. The minimum absolute atomic E-state index is 0.0987. The van der Waals surface area contributed by atoms with Crippen molar-refractivity contribution >= 4 is 27.5 Å². The highest BCUT2D eigenvalue weighted by Gasteiger charge is 2.34. The zero-order chi connectivity index (χ0) is 29.6. The Kier molecular flexibility index (Phi) is 10.1. The van der Waals surface area contributed by atoms with E-state index < -0.39 is 28.5 Å². The molecule has 0 aliphatic carbocycles. The van der Waals surface area contributed by atoms with E-state index in [1.165, 1.54) is 9.21 Å². The molecule has 2 amide bonds. The molecule has 0 aliphatic heterocycles. The standard InChI is InChI=1S/C32H41N3O4S/c1-8-29(32(37)33-22(2)3)34(20-27-11-9-10-24(5)18-27)31(36)21-35(30-19-25(6)12-15-26(30)7)40(38,39)28-16-13-23(4)14-17-28/h9-19,22,29H,8,20-21H2,1-7H3,(H,33,37). The van der Waals surface area contributed by atoms with E-state index in [9.17, 15) is 18.0 Å². The van der Waals surface area contributed by atoms with E-state index in [4.69, 9.17) is 0 Å². The van der Waals surface area contributed by atoms with Gasteiger partial charge < -0.3 is 10.2 Å². The summed E-state index contributed by atoms with van der Waals surface area (Å²) in [6.45, 7) is 12.9. The molecule has 0 saturated carbocycles. The summed E-state index contributed by atoms with van der Waals surface area (Å²) < 4.78 is 29.3. The molecule has 0 aliphatic rings. The average Bonchev–Trinajstić information content (AvgIpc) is 2.88. The van der Waals surface area contributed by atoms with Crippen LogP contribution in [0.15, 0.2) is 71.6 Å². The summed E-state index contributed by atoms with van der Waals surface area (Å²) >= 11 is 0. The number of aryl methyl sites for hydroxylation is 4. The first-order valence-electron chi connectivity index (χ1n) is 13.7. The lowest BCUT2D eigenvalue weighted by Crippen LogP contribution is -2.53. The van der Waals surface area contributed by atoms with Gasteiger partial charge in [0.05, 0.1) is 10.6 Å². The molecule has 1 unspecified atom stereocenters.